The number of fused-ring (bicyclic) bond motifs is 1. The number of rotatable bonds is 3. The minimum absolute atomic E-state index is 0.0166. The molecule has 2 aromatic rings. The van der Waals surface area contributed by atoms with Crippen molar-refractivity contribution in [2.75, 3.05) is 19.0 Å². The summed E-state index contributed by atoms with van der Waals surface area (Å²) in [6.07, 6.45) is 5.05. The standard InChI is InChI=1S/C13H18N4O2S/c1-16-11-10(6-15-16)12(18)17(9-14-11)7-13(8-20)2-4-19-5-3-13/h6,9,20H,2-5,7-8H2,1H3. The monoisotopic (exact) mass is 294 g/mol. The second-order valence-corrected chi connectivity index (χ2v) is 5.77. The van der Waals surface area contributed by atoms with Crippen LogP contribution in [-0.4, -0.2) is 38.3 Å². The molecule has 1 aliphatic heterocycles. The van der Waals surface area contributed by atoms with Gasteiger partial charge in [-0.15, -0.1) is 0 Å². The Morgan fingerprint density at radius 1 is 1.45 bits per heavy atom. The number of nitrogens with zero attached hydrogens (tertiary/aromatic N) is 4. The van der Waals surface area contributed by atoms with Crippen LogP contribution in [0.25, 0.3) is 11.0 Å². The minimum Gasteiger partial charge on any atom is -0.381 e. The molecular weight excluding hydrogens is 276 g/mol. The molecule has 2 aromatic heterocycles. The first kappa shape index (κ1) is 13.6. The van der Waals surface area contributed by atoms with Gasteiger partial charge in [-0.3, -0.25) is 14.0 Å². The maximum absolute atomic E-state index is 12.5. The van der Waals surface area contributed by atoms with Crippen molar-refractivity contribution in [3.63, 3.8) is 0 Å². The second-order valence-electron chi connectivity index (χ2n) is 5.45. The van der Waals surface area contributed by atoms with Gasteiger partial charge >= 0.3 is 0 Å². The van der Waals surface area contributed by atoms with E-state index in [1.807, 2.05) is 0 Å². The molecule has 0 amide bonds. The number of ether oxygens (including phenoxy) is 1. The summed E-state index contributed by atoms with van der Waals surface area (Å²) in [5, 5.41) is 4.65. The van der Waals surface area contributed by atoms with Crippen LogP contribution >= 0.6 is 12.6 Å². The largest absolute Gasteiger partial charge is 0.381 e. The molecule has 1 saturated heterocycles. The molecule has 0 aliphatic carbocycles. The topological polar surface area (TPSA) is 61.9 Å². The number of aromatic nitrogens is 4. The lowest BCUT2D eigenvalue weighted by Gasteiger charge is -2.36. The average Bonchev–Trinajstić information content (AvgIpc) is 2.85. The van der Waals surface area contributed by atoms with Crippen molar-refractivity contribution in [3.05, 3.63) is 22.9 Å². The lowest BCUT2D eigenvalue weighted by atomic mass is 9.82. The summed E-state index contributed by atoms with van der Waals surface area (Å²) in [4.78, 5) is 16.8. The van der Waals surface area contributed by atoms with Crippen LogP contribution in [0.15, 0.2) is 17.3 Å². The second kappa shape index (κ2) is 5.21. The molecule has 0 unspecified atom stereocenters. The SMILES string of the molecule is Cn1ncc2c(=O)n(CC3(CS)CCOCC3)cnc21. The zero-order chi connectivity index (χ0) is 14.2. The number of thiol groups is 1. The van der Waals surface area contributed by atoms with Gasteiger partial charge in [-0.2, -0.15) is 17.7 Å². The fourth-order valence-corrected chi connectivity index (χ4v) is 3.13. The van der Waals surface area contributed by atoms with Gasteiger partial charge in [-0.1, -0.05) is 0 Å². The highest BCUT2D eigenvalue weighted by Crippen LogP contribution is 2.33. The van der Waals surface area contributed by atoms with Gasteiger partial charge in [0.1, 0.15) is 5.39 Å². The predicted molar refractivity (Wildman–Crippen MR) is 79.1 cm³/mol. The first-order valence-electron chi connectivity index (χ1n) is 6.71. The van der Waals surface area contributed by atoms with E-state index < -0.39 is 0 Å². The van der Waals surface area contributed by atoms with E-state index in [1.165, 1.54) is 0 Å². The quantitative estimate of drug-likeness (QED) is 0.853. The van der Waals surface area contributed by atoms with E-state index in [0.29, 0.717) is 17.6 Å². The molecular formula is C13H18N4O2S. The Balaban J connectivity index is 1.98. The van der Waals surface area contributed by atoms with Crippen molar-refractivity contribution in [3.8, 4) is 0 Å². The third kappa shape index (κ3) is 2.25. The van der Waals surface area contributed by atoms with E-state index in [2.05, 4.69) is 22.7 Å². The van der Waals surface area contributed by atoms with Crippen LogP contribution in [0.4, 0.5) is 0 Å². The van der Waals surface area contributed by atoms with Crippen LogP contribution in [0.3, 0.4) is 0 Å². The molecule has 0 radical (unpaired) electrons. The smallest absolute Gasteiger partial charge is 0.264 e. The van der Waals surface area contributed by atoms with E-state index in [0.717, 1.165) is 31.8 Å². The van der Waals surface area contributed by atoms with Crippen molar-refractivity contribution in [1.29, 1.82) is 0 Å². The van der Waals surface area contributed by atoms with Gasteiger partial charge in [0.25, 0.3) is 5.56 Å². The molecule has 0 saturated carbocycles. The average molecular weight is 294 g/mol. The van der Waals surface area contributed by atoms with Crippen molar-refractivity contribution in [2.45, 2.75) is 19.4 Å². The normalized spacial score (nSPS) is 18.5. The highest BCUT2D eigenvalue weighted by atomic mass is 32.1. The molecule has 3 heterocycles. The van der Waals surface area contributed by atoms with E-state index in [9.17, 15) is 4.79 Å². The van der Waals surface area contributed by atoms with Gasteiger partial charge in [0.15, 0.2) is 5.65 Å². The van der Waals surface area contributed by atoms with Gasteiger partial charge < -0.3 is 4.74 Å². The summed E-state index contributed by atoms with van der Waals surface area (Å²) in [5.74, 6) is 0.744. The third-order valence-electron chi connectivity index (χ3n) is 4.11. The Morgan fingerprint density at radius 2 is 2.20 bits per heavy atom. The zero-order valence-corrected chi connectivity index (χ0v) is 12.3. The van der Waals surface area contributed by atoms with E-state index >= 15 is 0 Å². The summed E-state index contributed by atoms with van der Waals surface area (Å²) in [7, 11) is 1.78. The highest BCUT2D eigenvalue weighted by molar-refractivity contribution is 7.80. The van der Waals surface area contributed by atoms with E-state index in [-0.39, 0.29) is 11.0 Å². The van der Waals surface area contributed by atoms with Gasteiger partial charge in [-0.25, -0.2) is 4.98 Å². The first-order valence-corrected chi connectivity index (χ1v) is 7.34. The molecule has 108 valence electrons. The molecule has 7 heteroatoms. The van der Waals surface area contributed by atoms with Crippen molar-refractivity contribution >= 4 is 23.7 Å². The molecule has 0 atom stereocenters. The molecule has 20 heavy (non-hydrogen) atoms. The summed E-state index contributed by atoms with van der Waals surface area (Å²) >= 11 is 4.48. The van der Waals surface area contributed by atoms with Crippen molar-refractivity contribution in [2.24, 2.45) is 12.5 Å². The summed E-state index contributed by atoms with van der Waals surface area (Å²) in [5.41, 5.74) is 0.608. The lowest BCUT2D eigenvalue weighted by Crippen LogP contribution is -2.38. The van der Waals surface area contributed by atoms with Crippen molar-refractivity contribution < 1.29 is 4.74 Å². The minimum atomic E-state index is -0.0317. The van der Waals surface area contributed by atoms with Gasteiger partial charge in [-0.05, 0) is 18.6 Å². The number of hydrogen-bond donors (Lipinski definition) is 1. The summed E-state index contributed by atoms with van der Waals surface area (Å²) in [6, 6.07) is 0. The van der Waals surface area contributed by atoms with Crippen molar-refractivity contribution in [1.82, 2.24) is 19.3 Å². The highest BCUT2D eigenvalue weighted by Gasteiger charge is 2.32. The number of aryl methyl sites for hydroxylation is 1. The van der Waals surface area contributed by atoms with Crippen LogP contribution in [0.1, 0.15) is 12.8 Å². The van der Waals surface area contributed by atoms with Crippen LogP contribution in [-0.2, 0) is 18.3 Å². The Kier molecular flexibility index (Phi) is 3.55. The van der Waals surface area contributed by atoms with Gasteiger partial charge in [0.05, 0.1) is 12.5 Å². The van der Waals surface area contributed by atoms with Crippen LogP contribution in [0.5, 0.6) is 0 Å². The van der Waals surface area contributed by atoms with Crippen LogP contribution < -0.4 is 5.56 Å². The maximum atomic E-state index is 12.5. The summed E-state index contributed by atoms with van der Waals surface area (Å²) < 4.78 is 8.72. The molecule has 3 rings (SSSR count). The Morgan fingerprint density at radius 3 is 2.90 bits per heavy atom. The maximum Gasteiger partial charge on any atom is 0.264 e. The Labute approximate surface area is 122 Å². The van der Waals surface area contributed by atoms with Gasteiger partial charge in [0, 0.05) is 32.2 Å². The fourth-order valence-electron chi connectivity index (χ4n) is 2.71. The molecule has 6 nitrogen and oxygen atoms in total. The van der Waals surface area contributed by atoms with Gasteiger partial charge in [0.2, 0.25) is 0 Å². The van der Waals surface area contributed by atoms with E-state index in [1.54, 1.807) is 28.8 Å². The van der Waals surface area contributed by atoms with Crippen LogP contribution in [0.2, 0.25) is 0 Å². The molecule has 0 spiro atoms. The molecule has 1 aliphatic rings. The molecule has 0 bridgehead atoms. The molecule has 0 aromatic carbocycles. The Hall–Kier alpha value is -1.34. The lowest BCUT2D eigenvalue weighted by molar-refractivity contribution is 0.0176. The molecule has 0 N–H and O–H groups in total. The van der Waals surface area contributed by atoms with E-state index in [4.69, 9.17) is 4.74 Å². The zero-order valence-electron chi connectivity index (χ0n) is 11.4. The third-order valence-corrected chi connectivity index (χ3v) is 4.78. The number of hydrogen-bond acceptors (Lipinski definition) is 5. The first-order chi connectivity index (χ1) is 9.65. The molecule has 1 fully saturated rings. The predicted octanol–water partition coefficient (Wildman–Crippen LogP) is 0.857. The summed E-state index contributed by atoms with van der Waals surface area (Å²) in [6.45, 7) is 2.10. The van der Waals surface area contributed by atoms with Crippen LogP contribution in [0, 0.1) is 5.41 Å². The fraction of sp³-hybridized carbons (Fsp3) is 0.615. The Bertz CT molecular complexity index is 673.